The number of nitrogens with one attached hydrogen (secondary N) is 2. The molecule has 1 aromatic heterocycles. The molecular formula is C26H25N3O2S. The summed E-state index contributed by atoms with van der Waals surface area (Å²) < 4.78 is 5.94. The Kier molecular flexibility index (Phi) is 6.32. The predicted octanol–water partition coefficient (Wildman–Crippen LogP) is 6.44. The molecule has 0 fully saturated rings. The number of anilines is 1. The highest BCUT2D eigenvalue weighted by atomic mass is 32.1. The molecule has 0 radical (unpaired) electrons. The minimum Gasteiger partial charge on any atom is -0.436 e. The number of oxazole rings is 1. The summed E-state index contributed by atoms with van der Waals surface area (Å²) in [6.07, 6.45) is 1.08. The molecule has 0 saturated carbocycles. The molecular weight excluding hydrogens is 418 g/mol. The average Bonchev–Trinajstić information content (AvgIpc) is 3.22. The van der Waals surface area contributed by atoms with E-state index in [1.54, 1.807) is 12.1 Å². The molecule has 0 aliphatic heterocycles. The summed E-state index contributed by atoms with van der Waals surface area (Å²) in [7, 11) is 0. The third-order valence-corrected chi connectivity index (χ3v) is 5.73. The smallest absolute Gasteiger partial charge is 0.257 e. The first-order valence-electron chi connectivity index (χ1n) is 10.6. The molecule has 5 nitrogen and oxygen atoms in total. The zero-order valence-corrected chi connectivity index (χ0v) is 19.1. The number of hydrogen-bond acceptors (Lipinski definition) is 4. The van der Waals surface area contributed by atoms with Gasteiger partial charge in [0.2, 0.25) is 5.89 Å². The van der Waals surface area contributed by atoms with Gasteiger partial charge in [-0.2, -0.15) is 0 Å². The first-order chi connectivity index (χ1) is 15.4. The minimum atomic E-state index is -0.248. The maximum absolute atomic E-state index is 12.3. The second-order valence-electron chi connectivity index (χ2n) is 7.91. The second-order valence-corrected chi connectivity index (χ2v) is 8.32. The van der Waals surface area contributed by atoms with E-state index >= 15 is 0 Å². The molecule has 0 aliphatic rings. The van der Waals surface area contributed by atoms with Gasteiger partial charge in [-0.3, -0.25) is 10.1 Å². The lowest BCUT2D eigenvalue weighted by Crippen LogP contribution is -2.34. The van der Waals surface area contributed by atoms with Gasteiger partial charge in [0.25, 0.3) is 5.91 Å². The van der Waals surface area contributed by atoms with Crippen LogP contribution in [0.3, 0.4) is 0 Å². The van der Waals surface area contributed by atoms with E-state index in [1.165, 1.54) is 5.56 Å². The van der Waals surface area contributed by atoms with Crippen LogP contribution in [-0.2, 0) is 0 Å². The number of nitrogens with zero attached hydrogens (tertiary/aromatic N) is 1. The maximum Gasteiger partial charge on any atom is 0.257 e. The van der Waals surface area contributed by atoms with Crippen LogP contribution in [0.5, 0.6) is 0 Å². The number of hydrogen-bond donors (Lipinski definition) is 2. The van der Waals surface area contributed by atoms with E-state index in [9.17, 15) is 4.79 Å². The molecule has 1 amide bonds. The lowest BCUT2D eigenvalue weighted by Gasteiger charge is -2.10. The van der Waals surface area contributed by atoms with Crippen molar-refractivity contribution in [2.24, 2.45) is 0 Å². The van der Waals surface area contributed by atoms with Crippen LogP contribution >= 0.6 is 12.2 Å². The molecule has 0 bridgehead atoms. The molecule has 3 aromatic carbocycles. The van der Waals surface area contributed by atoms with Crippen LogP contribution in [0.25, 0.3) is 22.6 Å². The Morgan fingerprint density at radius 2 is 1.78 bits per heavy atom. The SMILES string of the molecule is CC[C@H](C)c1ccc2oc(-c3ccc(NC(=S)NC(=O)c4ccc(C)cc4)cc3)nc2c1. The Morgan fingerprint density at radius 3 is 2.47 bits per heavy atom. The quantitative estimate of drug-likeness (QED) is 0.347. The van der Waals surface area contributed by atoms with E-state index in [4.69, 9.17) is 16.6 Å². The predicted molar refractivity (Wildman–Crippen MR) is 133 cm³/mol. The van der Waals surface area contributed by atoms with Crippen LogP contribution in [0.15, 0.2) is 71.1 Å². The molecule has 0 aliphatic carbocycles. The van der Waals surface area contributed by atoms with E-state index in [-0.39, 0.29) is 11.0 Å². The van der Waals surface area contributed by atoms with E-state index in [2.05, 4.69) is 41.6 Å². The Balaban J connectivity index is 1.43. The fourth-order valence-corrected chi connectivity index (χ4v) is 3.56. The zero-order chi connectivity index (χ0) is 22.7. The monoisotopic (exact) mass is 443 g/mol. The summed E-state index contributed by atoms with van der Waals surface area (Å²) in [5.74, 6) is 0.811. The van der Waals surface area contributed by atoms with Gasteiger partial charge in [0.15, 0.2) is 10.7 Å². The van der Waals surface area contributed by atoms with E-state index in [0.717, 1.165) is 34.3 Å². The number of thiocarbonyl (C=S) groups is 1. The molecule has 2 N–H and O–H groups in total. The first kappa shape index (κ1) is 21.7. The Hall–Kier alpha value is -3.51. The van der Waals surface area contributed by atoms with Gasteiger partial charge in [0.05, 0.1) is 0 Å². The fourth-order valence-electron chi connectivity index (χ4n) is 3.35. The molecule has 0 saturated heterocycles. The highest BCUT2D eigenvalue weighted by molar-refractivity contribution is 7.80. The molecule has 6 heteroatoms. The number of amides is 1. The highest BCUT2D eigenvalue weighted by Crippen LogP contribution is 2.28. The van der Waals surface area contributed by atoms with Crippen LogP contribution in [0.1, 0.15) is 47.7 Å². The van der Waals surface area contributed by atoms with Gasteiger partial charge in [-0.15, -0.1) is 0 Å². The molecule has 4 aromatic rings. The molecule has 0 spiro atoms. The fraction of sp³-hybridized carbons (Fsp3) is 0.192. The number of aryl methyl sites for hydroxylation is 1. The van der Waals surface area contributed by atoms with Crippen LogP contribution < -0.4 is 10.6 Å². The summed E-state index contributed by atoms with van der Waals surface area (Å²) in [6.45, 7) is 6.36. The summed E-state index contributed by atoms with van der Waals surface area (Å²) in [5, 5.41) is 5.97. The average molecular weight is 444 g/mol. The van der Waals surface area contributed by atoms with Crippen LogP contribution in [0.2, 0.25) is 0 Å². The largest absolute Gasteiger partial charge is 0.436 e. The standard InChI is InChI=1S/C26H25N3O2S/c1-4-17(3)20-11-14-23-22(15-20)28-25(31-23)19-9-12-21(13-10-19)27-26(32)29-24(30)18-7-5-16(2)6-8-18/h5-15,17H,4H2,1-3H3,(H2,27,29,30,32)/t17-/m0/s1. The van der Waals surface area contributed by atoms with Gasteiger partial charge in [0, 0.05) is 16.8 Å². The Morgan fingerprint density at radius 1 is 1.06 bits per heavy atom. The van der Waals surface area contributed by atoms with Gasteiger partial charge >= 0.3 is 0 Å². The van der Waals surface area contributed by atoms with E-state index < -0.39 is 0 Å². The summed E-state index contributed by atoms with van der Waals surface area (Å²) in [5.41, 5.74) is 6.18. The molecule has 32 heavy (non-hydrogen) atoms. The molecule has 1 heterocycles. The number of benzene rings is 3. The van der Waals surface area contributed by atoms with Crippen molar-refractivity contribution in [3.05, 3.63) is 83.4 Å². The van der Waals surface area contributed by atoms with Gasteiger partial charge in [0.1, 0.15) is 5.52 Å². The molecule has 1 atom stereocenters. The lowest BCUT2D eigenvalue weighted by atomic mass is 9.98. The number of aromatic nitrogens is 1. The summed E-state index contributed by atoms with van der Waals surface area (Å²) in [4.78, 5) is 17.0. The molecule has 162 valence electrons. The van der Waals surface area contributed by atoms with Gasteiger partial charge < -0.3 is 9.73 Å². The Bertz CT molecular complexity index is 1260. The van der Waals surface area contributed by atoms with Crippen LogP contribution in [0, 0.1) is 6.92 Å². The van der Waals surface area contributed by atoms with Crippen molar-refractivity contribution in [3.8, 4) is 11.5 Å². The number of carbonyl (C=O) groups is 1. The number of carbonyl (C=O) groups excluding carboxylic acids is 1. The lowest BCUT2D eigenvalue weighted by molar-refractivity contribution is 0.0977. The van der Waals surface area contributed by atoms with Crippen LogP contribution in [0.4, 0.5) is 5.69 Å². The van der Waals surface area contributed by atoms with Crippen molar-refractivity contribution in [2.45, 2.75) is 33.1 Å². The van der Waals surface area contributed by atoms with E-state index in [1.807, 2.05) is 49.4 Å². The normalized spacial score (nSPS) is 11.8. The third-order valence-electron chi connectivity index (χ3n) is 5.52. The van der Waals surface area contributed by atoms with Crippen molar-refractivity contribution >= 4 is 40.0 Å². The molecule has 4 rings (SSSR count). The van der Waals surface area contributed by atoms with Crippen molar-refractivity contribution in [1.82, 2.24) is 10.3 Å². The molecule has 0 unspecified atom stereocenters. The second kappa shape index (κ2) is 9.32. The number of fused-ring (bicyclic) bond motifs is 1. The van der Waals surface area contributed by atoms with Gasteiger partial charge in [-0.05, 0) is 85.6 Å². The van der Waals surface area contributed by atoms with E-state index in [0.29, 0.717) is 17.4 Å². The van der Waals surface area contributed by atoms with Crippen molar-refractivity contribution < 1.29 is 9.21 Å². The third kappa shape index (κ3) is 4.86. The van der Waals surface area contributed by atoms with Gasteiger partial charge in [-0.1, -0.05) is 37.6 Å². The van der Waals surface area contributed by atoms with Crippen LogP contribution in [-0.4, -0.2) is 16.0 Å². The van der Waals surface area contributed by atoms with Crippen molar-refractivity contribution in [2.75, 3.05) is 5.32 Å². The van der Waals surface area contributed by atoms with Gasteiger partial charge in [-0.25, -0.2) is 4.98 Å². The van der Waals surface area contributed by atoms with Crippen molar-refractivity contribution in [3.63, 3.8) is 0 Å². The maximum atomic E-state index is 12.3. The minimum absolute atomic E-state index is 0.239. The topological polar surface area (TPSA) is 67.2 Å². The highest BCUT2D eigenvalue weighted by Gasteiger charge is 2.12. The summed E-state index contributed by atoms with van der Waals surface area (Å²) >= 11 is 5.28. The Labute approximate surface area is 192 Å². The first-order valence-corrected chi connectivity index (χ1v) is 11.0. The van der Waals surface area contributed by atoms with Crippen molar-refractivity contribution in [1.29, 1.82) is 0 Å². The zero-order valence-electron chi connectivity index (χ0n) is 18.3. The summed E-state index contributed by atoms with van der Waals surface area (Å²) in [6, 6.07) is 21.1. The number of rotatable bonds is 5.